The van der Waals surface area contributed by atoms with E-state index in [-0.39, 0.29) is 0 Å². The fourth-order valence-corrected chi connectivity index (χ4v) is 2.03. The highest BCUT2D eigenvalue weighted by atomic mass is 79.9. The largest absolute Gasteiger partial charge is 0.496 e. The Morgan fingerprint density at radius 1 is 1.44 bits per heavy atom. The molecule has 0 N–H and O–H groups in total. The van der Waals surface area contributed by atoms with Crippen molar-refractivity contribution in [3.63, 3.8) is 0 Å². The Labute approximate surface area is 107 Å². The molecule has 0 amide bonds. The Bertz CT molecular complexity index is 498. The molecule has 2 rings (SSSR count). The molecule has 0 bridgehead atoms. The molecule has 0 spiro atoms. The molecule has 0 saturated carbocycles. The minimum absolute atomic E-state index is 0.570. The quantitative estimate of drug-likeness (QED) is 0.881. The number of ether oxygens (including phenoxy) is 1. The predicted octanol–water partition coefficient (Wildman–Crippen LogP) is 3.54. The molecule has 84 valence electrons. The Kier molecular flexibility index (Phi) is 3.56. The number of hydrogen-bond acceptors (Lipinski definition) is 4. The number of rotatable bonds is 3. The van der Waals surface area contributed by atoms with Crippen molar-refractivity contribution in [2.45, 2.75) is 5.75 Å². The molecule has 5 heteroatoms. The van der Waals surface area contributed by atoms with Crippen LogP contribution in [0.15, 0.2) is 33.3 Å². The van der Waals surface area contributed by atoms with Crippen LogP contribution in [0.25, 0.3) is 11.3 Å². The molecule has 0 radical (unpaired) electrons. The lowest BCUT2D eigenvalue weighted by molar-refractivity contribution is 0.411. The molecule has 0 saturated heterocycles. The summed E-state index contributed by atoms with van der Waals surface area (Å²) in [5, 5.41) is 3.89. The van der Waals surface area contributed by atoms with Crippen molar-refractivity contribution in [2.75, 3.05) is 7.11 Å². The molecular formula is C11H10BrNO2S. The molecule has 0 aliphatic carbocycles. The Hall–Kier alpha value is -0.940. The van der Waals surface area contributed by atoms with E-state index in [0.29, 0.717) is 5.75 Å². The number of thiol groups is 1. The highest BCUT2D eigenvalue weighted by Gasteiger charge is 2.08. The van der Waals surface area contributed by atoms with Gasteiger partial charge in [-0.05, 0) is 34.1 Å². The Morgan fingerprint density at radius 3 is 2.81 bits per heavy atom. The maximum absolute atomic E-state index is 5.21. The molecule has 1 aromatic heterocycles. The SMILES string of the molecule is COc1ccc(-c2cc(CS)no2)cc1Br. The number of aromatic nitrogens is 1. The minimum Gasteiger partial charge on any atom is -0.496 e. The molecular weight excluding hydrogens is 290 g/mol. The van der Waals surface area contributed by atoms with Gasteiger partial charge in [0.05, 0.1) is 17.3 Å². The smallest absolute Gasteiger partial charge is 0.167 e. The van der Waals surface area contributed by atoms with Crippen LogP contribution in [0.2, 0.25) is 0 Å². The predicted molar refractivity (Wildman–Crippen MR) is 68.9 cm³/mol. The monoisotopic (exact) mass is 299 g/mol. The van der Waals surface area contributed by atoms with E-state index in [4.69, 9.17) is 9.26 Å². The second-order valence-electron chi connectivity index (χ2n) is 3.19. The van der Waals surface area contributed by atoms with Gasteiger partial charge in [-0.3, -0.25) is 0 Å². The van der Waals surface area contributed by atoms with Crippen LogP contribution in [0.5, 0.6) is 5.75 Å². The summed E-state index contributed by atoms with van der Waals surface area (Å²) < 4.78 is 11.3. The number of halogens is 1. The van der Waals surface area contributed by atoms with Crippen LogP contribution < -0.4 is 4.74 Å². The van der Waals surface area contributed by atoms with E-state index in [1.807, 2.05) is 24.3 Å². The van der Waals surface area contributed by atoms with E-state index >= 15 is 0 Å². The first kappa shape index (κ1) is 11.5. The molecule has 1 heterocycles. The topological polar surface area (TPSA) is 35.3 Å². The van der Waals surface area contributed by atoms with Crippen molar-refractivity contribution < 1.29 is 9.26 Å². The van der Waals surface area contributed by atoms with Gasteiger partial charge in [0.2, 0.25) is 0 Å². The zero-order valence-electron chi connectivity index (χ0n) is 8.61. The normalized spacial score (nSPS) is 10.4. The lowest BCUT2D eigenvalue weighted by atomic mass is 10.1. The molecule has 0 unspecified atom stereocenters. The van der Waals surface area contributed by atoms with Crippen LogP contribution in [-0.2, 0) is 5.75 Å². The summed E-state index contributed by atoms with van der Waals surface area (Å²) in [5.41, 5.74) is 1.78. The lowest BCUT2D eigenvalue weighted by Gasteiger charge is -2.03. The summed E-state index contributed by atoms with van der Waals surface area (Å²) in [6, 6.07) is 7.61. The van der Waals surface area contributed by atoms with Gasteiger partial charge in [0.15, 0.2) is 5.76 Å². The average Bonchev–Trinajstić information content (AvgIpc) is 2.77. The lowest BCUT2D eigenvalue weighted by Crippen LogP contribution is -1.84. The van der Waals surface area contributed by atoms with Crippen LogP contribution in [0.4, 0.5) is 0 Å². The van der Waals surface area contributed by atoms with E-state index in [9.17, 15) is 0 Å². The number of methoxy groups -OCH3 is 1. The van der Waals surface area contributed by atoms with E-state index < -0.39 is 0 Å². The first-order valence-electron chi connectivity index (χ1n) is 4.65. The van der Waals surface area contributed by atoms with Crippen molar-refractivity contribution >= 4 is 28.6 Å². The van der Waals surface area contributed by atoms with Crippen LogP contribution in [0, 0.1) is 0 Å². The van der Waals surface area contributed by atoms with E-state index in [0.717, 1.165) is 27.2 Å². The van der Waals surface area contributed by atoms with Gasteiger partial charge >= 0.3 is 0 Å². The van der Waals surface area contributed by atoms with E-state index in [2.05, 4.69) is 33.7 Å². The van der Waals surface area contributed by atoms with Gasteiger partial charge in [-0.1, -0.05) is 5.16 Å². The summed E-state index contributed by atoms with van der Waals surface area (Å²) in [5.74, 6) is 2.09. The third kappa shape index (κ3) is 2.25. The van der Waals surface area contributed by atoms with Gasteiger partial charge in [0.25, 0.3) is 0 Å². The zero-order chi connectivity index (χ0) is 11.5. The van der Waals surface area contributed by atoms with Crippen LogP contribution >= 0.6 is 28.6 Å². The van der Waals surface area contributed by atoms with Gasteiger partial charge in [-0.25, -0.2) is 0 Å². The minimum atomic E-state index is 0.570. The maximum atomic E-state index is 5.21. The zero-order valence-corrected chi connectivity index (χ0v) is 11.1. The molecule has 0 atom stereocenters. The second kappa shape index (κ2) is 4.93. The van der Waals surface area contributed by atoms with Gasteiger partial charge in [-0.15, -0.1) is 0 Å². The van der Waals surface area contributed by atoms with E-state index in [1.54, 1.807) is 7.11 Å². The highest BCUT2D eigenvalue weighted by molar-refractivity contribution is 9.10. The third-order valence-corrected chi connectivity index (χ3v) is 3.10. The summed E-state index contributed by atoms with van der Waals surface area (Å²) in [6.07, 6.45) is 0. The molecule has 0 fully saturated rings. The Morgan fingerprint density at radius 2 is 2.25 bits per heavy atom. The van der Waals surface area contributed by atoms with Crippen molar-refractivity contribution in [3.8, 4) is 17.1 Å². The fourth-order valence-electron chi connectivity index (χ4n) is 1.34. The van der Waals surface area contributed by atoms with Crippen molar-refractivity contribution in [3.05, 3.63) is 34.4 Å². The number of hydrogen-bond donors (Lipinski definition) is 1. The van der Waals surface area contributed by atoms with Gasteiger partial charge in [0.1, 0.15) is 5.75 Å². The molecule has 16 heavy (non-hydrogen) atoms. The summed E-state index contributed by atoms with van der Waals surface area (Å²) in [4.78, 5) is 0. The van der Waals surface area contributed by atoms with E-state index in [1.165, 1.54) is 0 Å². The van der Waals surface area contributed by atoms with Crippen molar-refractivity contribution in [1.29, 1.82) is 0 Å². The first-order valence-corrected chi connectivity index (χ1v) is 6.07. The maximum Gasteiger partial charge on any atom is 0.167 e. The molecule has 0 aliphatic heterocycles. The van der Waals surface area contributed by atoms with Gasteiger partial charge in [0, 0.05) is 17.4 Å². The standard InChI is InChI=1S/C11H10BrNO2S/c1-14-10-3-2-7(4-9(10)12)11-5-8(6-16)13-15-11/h2-5,16H,6H2,1H3. The van der Waals surface area contributed by atoms with Crippen molar-refractivity contribution in [2.24, 2.45) is 0 Å². The van der Waals surface area contributed by atoms with Crippen LogP contribution in [-0.4, -0.2) is 12.3 Å². The molecule has 3 nitrogen and oxygen atoms in total. The second-order valence-corrected chi connectivity index (χ2v) is 4.36. The van der Waals surface area contributed by atoms with Crippen molar-refractivity contribution in [1.82, 2.24) is 5.16 Å². The average molecular weight is 300 g/mol. The molecule has 2 aromatic rings. The molecule has 0 aliphatic rings. The Balaban J connectivity index is 2.37. The highest BCUT2D eigenvalue weighted by Crippen LogP contribution is 2.30. The summed E-state index contributed by atoms with van der Waals surface area (Å²) >= 11 is 7.56. The van der Waals surface area contributed by atoms with Gasteiger partial charge < -0.3 is 9.26 Å². The van der Waals surface area contributed by atoms with Crippen LogP contribution in [0.1, 0.15) is 5.69 Å². The third-order valence-electron chi connectivity index (χ3n) is 2.16. The molecule has 1 aromatic carbocycles. The summed E-state index contributed by atoms with van der Waals surface area (Å²) in [7, 11) is 1.63. The van der Waals surface area contributed by atoms with Gasteiger partial charge in [-0.2, -0.15) is 12.6 Å². The number of nitrogens with zero attached hydrogens (tertiary/aromatic N) is 1. The number of benzene rings is 1. The fraction of sp³-hybridized carbons (Fsp3) is 0.182. The first-order chi connectivity index (χ1) is 7.74. The van der Waals surface area contributed by atoms with Crippen LogP contribution in [0.3, 0.4) is 0 Å². The summed E-state index contributed by atoms with van der Waals surface area (Å²) in [6.45, 7) is 0.